The van der Waals surface area contributed by atoms with Gasteiger partial charge in [0.2, 0.25) is 0 Å². The molecule has 1 saturated heterocycles. The summed E-state index contributed by atoms with van der Waals surface area (Å²) in [5.41, 5.74) is 0. The first-order valence-corrected chi connectivity index (χ1v) is 5.09. The number of rotatable bonds is 5. The Hall–Kier alpha value is -0.450. The van der Waals surface area contributed by atoms with Crippen LogP contribution in [-0.4, -0.2) is 37.9 Å². The van der Waals surface area contributed by atoms with Gasteiger partial charge in [-0.25, -0.2) is 0 Å². The first-order valence-electron chi connectivity index (χ1n) is 5.09. The Morgan fingerprint density at radius 1 is 1.50 bits per heavy atom. The largest absolute Gasteiger partial charge is 0.347 e. The van der Waals surface area contributed by atoms with Crippen LogP contribution in [0.5, 0.6) is 0 Å². The van der Waals surface area contributed by atoms with E-state index in [1.165, 1.54) is 0 Å². The highest BCUT2D eigenvalue weighted by molar-refractivity contribution is 5.84. The summed E-state index contributed by atoms with van der Waals surface area (Å²) in [5.74, 6) is -0.541. The molecule has 0 saturated carbocycles. The maximum Gasteiger partial charge on any atom is 0.172 e. The Bertz CT molecular complexity index is 196. The van der Waals surface area contributed by atoms with Gasteiger partial charge in [-0.3, -0.25) is 4.79 Å². The Labute approximate surface area is 85.0 Å². The molecule has 4 nitrogen and oxygen atoms in total. The number of nitrogens with one attached hydrogen (secondary N) is 1. The smallest absolute Gasteiger partial charge is 0.172 e. The lowest BCUT2D eigenvalue weighted by Crippen LogP contribution is -2.39. The second-order valence-corrected chi connectivity index (χ2v) is 3.72. The van der Waals surface area contributed by atoms with Crippen LogP contribution in [0, 0.1) is 0 Å². The molecule has 0 aliphatic carbocycles. The average molecular weight is 201 g/mol. The molecule has 82 valence electrons. The number of hydrogen-bond donors (Lipinski definition) is 1. The van der Waals surface area contributed by atoms with Crippen molar-refractivity contribution in [1.82, 2.24) is 5.32 Å². The van der Waals surface area contributed by atoms with E-state index in [1.54, 1.807) is 7.05 Å². The lowest BCUT2D eigenvalue weighted by molar-refractivity contribution is -0.159. The van der Waals surface area contributed by atoms with Gasteiger partial charge in [0.15, 0.2) is 11.6 Å². The number of Topliss-reactive ketones (excluding diaryl/α,β-unsaturated/α-hetero) is 1. The first kappa shape index (κ1) is 11.6. The third-order valence-corrected chi connectivity index (χ3v) is 2.54. The minimum Gasteiger partial charge on any atom is -0.347 e. The molecule has 1 atom stereocenters. The van der Waals surface area contributed by atoms with Crippen LogP contribution in [0.1, 0.15) is 26.7 Å². The highest BCUT2D eigenvalue weighted by Gasteiger charge is 2.34. The van der Waals surface area contributed by atoms with Crippen molar-refractivity contribution in [3.05, 3.63) is 0 Å². The van der Waals surface area contributed by atoms with Gasteiger partial charge in [0.25, 0.3) is 0 Å². The quantitative estimate of drug-likeness (QED) is 0.711. The summed E-state index contributed by atoms with van der Waals surface area (Å²) in [4.78, 5) is 11.7. The van der Waals surface area contributed by atoms with Gasteiger partial charge < -0.3 is 14.8 Å². The van der Waals surface area contributed by atoms with E-state index >= 15 is 0 Å². The molecule has 0 aromatic carbocycles. The monoisotopic (exact) mass is 201 g/mol. The predicted molar refractivity (Wildman–Crippen MR) is 53.1 cm³/mol. The van der Waals surface area contributed by atoms with Crippen molar-refractivity contribution in [3.63, 3.8) is 0 Å². The SMILES string of the molecule is CCC(NC)C(=O)CC1(C)OCCO1. The molecular weight excluding hydrogens is 182 g/mol. The van der Waals surface area contributed by atoms with Crippen LogP contribution in [0.2, 0.25) is 0 Å². The molecule has 0 radical (unpaired) electrons. The molecular formula is C10H19NO3. The molecule has 1 rings (SSSR count). The van der Waals surface area contributed by atoms with Crippen molar-refractivity contribution in [3.8, 4) is 0 Å². The fraction of sp³-hybridized carbons (Fsp3) is 0.900. The average Bonchev–Trinajstić information content (AvgIpc) is 2.54. The molecule has 0 spiro atoms. The van der Waals surface area contributed by atoms with Gasteiger partial charge in [-0.2, -0.15) is 0 Å². The molecule has 1 heterocycles. The Balaban J connectivity index is 2.46. The van der Waals surface area contributed by atoms with E-state index in [0.717, 1.165) is 6.42 Å². The Morgan fingerprint density at radius 3 is 2.50 bits per heavy atom. The summed E-state index contributed by atoms with van der Waals surface area (Å²) in [6.45, 7) is 4.97. The van der Waals surface area contributed by atoms with Crippen molar-refractivity contribution in [2.75, 3.05) is 20.3 Å². The molecule has 1 aliphatic heterocycles. The van der Waals surface area contributed by atoms with Crippen LogP contribution in [-0.2, 0) is 14.3 Å². The highest BCUT2D eigenvalue weighted by Crippen LogP contribution is 2.23. The zero-order valence-corrected chi connectivity index (χ0v) is 9.13. The summed E-state index contributed by atoms with van der Waals surface area (Å²) in [5, 5.41) is 2.98. The summed E-state index contributed by atoms with van der Waals surface area (Å²) in [6, 6.07) is -0.0837. The van der Waals surface area contributed by atoms with Crippen LogP contribution >= 0.6 is 0 Å². The minimum atomic E-state index is -0.693. The molecule has 0 aromatic rings. The molecule has 1 unspecified atom stereocenters. The lowest BCUT2D eigenvalue weighted by Gasteiger charge is -2.23. The number of hydrogen-bond acceptors (Lipinski definition) is 4. The number of carbonyl (C=O) groups is 1. The topological polar surface area (TPSA) is 47.6 Å². The zero-order chi connectivity index (χ0) is 10.6. The Morgan fingerprint density at radius 2 is 2.07 bits per heavy atom. The first-order chi connectivity index (χ1) is 6.61. The molecule has 0 aromatic heterocycles. The van der Waals surface area contributed by atoms with Crippen molar-refractivity contribution in [2.45, 2.75) is 38.5 Å². The van der Waals surface area contributed by atoms with Gasteiger partial charge in [-0.05, 0) is 20.4 Å². The second kappa shape index (κ2) is 4.87. The van der Waals surface area contributed by atoms with Crippen LogP contribution in [0.3, 0.4) is 0 Å². The predicted octanol–water partition coefficient (Wildman–Crippen LogP) is 0.707. The van der Waals surface area contributed by atoms with Gasteiger partial charge in [-0.15, -0.1) is 0 Å². The molecule has 14 heavy (non-hydrogen) atoms. The van der Waals surface area contributed by atoms with Gasteiger partial charge in [0, 0.05) is 0 Å². The van der Waals surface area contributed by atoms with Gasteiger partial charge >= 0.3 is 0 Å². The fourth-order valence-electron chi connectivity index (χ4n) is 1.69. The fourth-order valence-corrected chi connectivity index (χ4v) is 1.69. The van der Waals surface area contributed by atoms with Gasteiger partial charge in [0.05, 0.1) is 25.7 Å². The third kappa shape index (κ3) is 2.77. The van der Waals surface area contributed by atoms with Crippen molar-refractivity contribution < 1.29 is 14.3 Å². The van der Waals surface area contributed by atoms with Crippen LogP contribution in [0.25, 0.3) is 0 Å². The second-order valence-electron chi connectivity index (χ2n) is 3.72. The van der Waals surface area contributed by atoms with Crippen LogP contribution in [0.4, 0.5) is 0 Å². The highest BCUT2D eigenvalue weighted by atomic mass is 16.7. The molecule has 1 aliphatic rings. The standard InChI is InChI=1S/C10H19NO3/c1-4-8(11-3)9(12)7-10(2)13-5-6-14-10/h8,11H,4-7H2,1-3H3. The number of likely N-dealkylation sites (N-methyl/N-ethyl adjacent to an activating group) is 1. The number of carbonyl (C=O) groups excluding carboxylic acids is 1. The third-order valence-electron chi connectivity index (χ3n) is 2.54. The number of ether oxygens (including phenoxy) is 2. The maximum atomic E-state index is 11.7. The zero-order valence-electron chi connectivity index (χ0n) is 9.13. The van der Waals surface area contributed by atoms with E-state index in [0.29, 0.717) is 19.6 Å². The molecule has 1 fully saturated rings. The van der Waals surface area contributed by atoms with E-state index in [4.69, 9.17) is 9.47 Å². The summed E-state index contributed by atoms with van der Waals surface area (Å²) < 4.78 is 10.8. The maximum absolute atomic E-state index is 11.7. The molecule has 0 amide bonds. The normalized spacial score (nSPS) is 22.2. The van der Waals surface area contributed by atoms with Crippen molar-refractivity contribution >= 4 is 5.78 Å². The van der Waals surface area contributed by atoms with Crippen LogP contribution in [0.15, 0.2) is 0 Å². The summed E-state index contributed by atoms with van der Waals surface area (Å²) in [6.07, 6.45) is 1.12. The van der Waals surface area contributed by atoms with Gasteiger partial charge in [0.1, 0.15) is 0 Å². The summed E-state index contributed by atoms with van der Waals surface area (Å²) >= 11 is 0. The van der Waals surface area contributed by atoms with Crippen LogP contribution < -0.4 is 5.32 Å². The van der Waals surface area contributed by atoms with E-state index in [-0.39, 0.29) is 11.8 Å². The van der Waals surface area contributed by atoms with E-state index in [9.17, 15) is 4.79 Å². The summed E-state index contributed by atoms with van der Waals surface area (Å²) in [7, 11) is 1.80. The van der Waals surface area contributed by atoms with Crippen molar-refractivity contribution in [2.24, 2.45) is 0 Å². The van der Waals surface area contributed by atoms with E-state index in [1.807, 2.05) is 13.8 Å². The molecule has 1 N–H and O–H groups in total. The van der Waals surface area contributed by atoms with E-state index in [2.05, 4.69) is 5.32 Å². The molecule has 0 bridgehead atoms. The Kier molecular flexibility index (Phi) is 4.04. The minimum absolute atomic E-state index is 0.0837. The number of ketones is 1. The molecule has 4 heteroatoms. The van der Waals surface area contributed by atoms with Gasteiger partial charge in [-0.1, -0.05) is 6.92 Å². The van der Waals surface area contributed by atoms with Crippen molar-refractivity contribution in [1.29, 1.82) is 0 Å². The lowest BCUT2D eigenvalue weighted by atomic mass is 10.0. The van der Waals surface area contributed by atoms with E-state index < -0.39 is 5.79 Å².